The number of sulfonamides is 1. The first kappa shape index (κ1) is 15.3. The van der Waals surface area contributed by atoms with Gasteiger partial charge < -0.3 is 5.73 Å². The number of rotatable bonds is 2. The second-order valence-electron chi connectivity index (χ2n) is 3.99. The average molecular weight is 299 g/mol. The fraction of sp³-hybridized carbons (Fsp3) is 0.400. The maximum Gasteiger partial charge on any atom is 0.246 e. The van der Waals surface area contributed by atoms with Crippen molar-refractivity contribution in [1.82, 2.24) is 4.31 Å². The lowest BCUT2D eigenvalue weighted by atomic mass is 10.3. The van der Waals surface area contributed by atoms with Crippen molar-refractivity contribution >= 4 is 22.4 Å². The van der Waals surface area contributed by atoms with Crippen LogP contribution >= 0.6 is 12.4 Å². The van der Waals surface area contributed by atoms with Crippen LogP contribution in [-0.4, -0.2) is 31.9 Å². The summed E-state index contributed by atoms with van der Waals surface area (Å²) in [5.74, 6) is -1.88. The number of hydrogen-bond acceptors (Lipinski definition) is 3. The van der Waals surface area contributed by atoms with E-state index in [0.717, 1.165) is 16.4 Å². The van der Waals surface area contributed by atoms with Crippen molar-refractivity contribution in [2.45, 2.75) is 17.4 Å². The molecule has 1 unspecified atom stereocenters. The highest BCUT2D eigenvalue weighted by Crippen LogP contribution is 2.23. The maximum absolute atomic E-state index is 13.4. The zero-order valence-electron chi connectivity index (χ0n) is 9.34. The summed E-state index contributed by atoms with van der Waals surface area (Å²) in [4.78, 5) is -0.506. The minimum atomic E-state index is -3.91. The molecule has 0 amide bonds. The lowest BCUT2D eigenvalue weighted by Crippen LogP contribution is -2.32. The minimum absolute atomic E-state index is 0. The van der Waals surface area contributed by atoms with Crippen LogP contribution in [0.3, 0.4) is 0 Å². The molecule has 8 heteroatoms. The molecule has 1 aliphatic rings. The first-order valence-corrected chi connectivity index (χ1v) is 6.56. The van der Waals surface area contributed by atoms with Crippen molar-refractivity contribution in [3.05, 3.63) is 29.8 Å². The molecule has 2 N–H and O–H groups in total. The van der Waals surface area contributed by atoms with E-state index in [1.165, 1.54) is 0 Å². The van der Waals surface area contributed by atoms with E-state index >= 15 is 0 Å². The quantitative estimate of drug-likeness (QED) is 0.889. The number of halogens is 3. The minimum Gasteiger partial charge on any atom is -0.326 e. The standard InChI is InChI=1S/C10H12F2N2O2S.ClH/c11-7-1-2-10(9(12)5-7)17(15,16)14-4-3-8(13)6-14;/h1-2,5,8H,3-4,6,13H2;1H. The van der Waals surface area contributed by atoms with Gasteiger partial charge in [-0.15, -0.1) is 12.4 Å². The monoisotopic (exact) mass is 298 g/mol. The van der Waals surface area contributed by atoms with Gasteiger partial charge in [0.25, 0.3) is 0 Å². The van der Waals surface area contributed by atoms with E-state index in [0.29, 0.717) is 12.5 Å². The van der Waals surface area contributed by atoms with Gasteiger partial charge in [-0.3, -0.25) is 0 Å². The van der Waals surface area contributed by atoms with Gasteiger partial charge in [0.1, 0.15) is 16.5 Å². The summed E-state index contributed by atoms with van der Waals surface area (Å²) in [6.45, 7) is 0.430. The maximum atomic E-state index is 13.4. The molecule has 1 heterocycles. The van der Waals surface area contributed by atoms with Crippen molar-refractivity contribution in [1.29, 1.82) is 0 Å². The van der Waals surface area contributed by atoms with E-state index in [-0.39, 0.29) is 31.5 Å². The summed E-state index contributed by atoms with van der Waals surface area (Å²) >= 11 is 0. The van der Waals surface area contributed by atoms with Gasteiger partial charge in [-0.1, -0.05) is 0 Å². The third kappa shape index (κ3) is 2.80. The highest BCUT2D eigenvalue weighted by molar-refractivity contribution is 7.89. The molecule has 0 bridgehead atoms. The molecule has 0 radical (unpaired) electrons. The molecule has 0 spiro atoms. The van der Waals surface area contributed by atoms with Gasteiger partial charge in [-0.05, 0) is 18.6 Å². The van der Waals surface area contributed by atoms with Gasteiger partial charge in [-0.25, -0.2) is 17.2 Å². The normalized spacial score (nSPS) is 20.7. The first-order valence-electron chi connectivity index (χ1n) is 5.12. The van der Waals surface area contributed by atoms with Crippen LogP contribution in [-0.2, 0) is 10.0 Å². The average Bonchev–Trinajstić information content (AvgIpc) is 2.64. The predicted molar refractivity (Wildman–Crippen MR) is 65.0 cm³/mol. The van der Waals surface area contributed by atoms with Gasteiger partial charge >= 0.3 is 0 Å². The number of hydrogen-bond donors (Lipinski definition) is 1. The Labute approximate surface area is 110 Å². The lowest BCUT2D eigenvalue weighted by Gasteiger charge is -2.16. The lowest BCUT2D eigenvalue weighted by molar-refractivity contribution is 0.464. The van der Waals surface area contributed by atoms with Crippen LogP contribution < -0.4 is 5.73 Å². The Bertz CT molecular complexity index is 539. The van der Waals surface area contributed by atoms with Crippen molar-refractivity contribution in [2.24, 2.45) is 5.73 Å². The second-order valence-corrected chi connectivity index (χ2v) is 5.89. The molecule has 1 fully saturated rings. The molecule has 4 nitrogen and oxygen atoms in total. The molecule has 0 aromatic heterocycles. The van der Waals surface area contributed by atoms with Crippen LogP contribution in [0, 0.1) is 11.6 Å². The fourth-order valence-electron chi connectivity index (χ4n) is 1.80. The Kier molecular flexibility index (Phi) is 4.66. The Morgan fingerprint density at radius 3 is 2.50 bits per heavy atom. The summed E-state index contributed by atoms with van der Waals surface area (Å²) in [5.41, 5.74) is 5.60. The second kappa shape index (κ2) is 5.48. The molecule has 0 saturated carbocycles. The van der Waals surface area contributed by atoms with E-state index in [1.54, 1.807) is 0 Å². The summed E-state index contributed by atoms with van der Waals surface area (Å²) < 4.78 is 51.3. The highest BCUT2D eigenvalue weighted by Gasteiger charge is 2.32. The van der Waals surface area contributed by atoms with Gasteiger partial charge in [-0.2, -0.15) is 4.31 Å². The molecule has 1 aromatic carbocycles. The van der Waals surface area contributed by atoms with Crippen LogP contribution in [0.2, 0.25) is 0 Å². The van der Waals surface area contributed by atoms with Crippen LogP contribution in [0.1, 0.15) is 6.42 Å². The van der Waals surface area contributed by atoms with Crippen molar-refractivity contribution in [2.75, 3.05) is 13.1 Å². The van der Waals surface area contributed by atoms with Crippen LogP contribution in [0.25, 0.3) is 0 Å². The van der Waals surface area contributed by atoms with Gasteiger partial charge in [0.05, 0.1) is 0 Å². The molecule has 102 valence electrons. The number of benzene rings is 1. The zero-order valence-corrected chi connectivity index (χ0v) is 11.0. The molecule has 0 aliphatic carbocycles. The van der Waals surface area contributed by atoms with Crippen LogP contribution in [0.15, 0.2) is 23.1 Å². The molecule has 1 saturated heterocycles. The summed E-state index contributed by atoms with van der Waals surface area (Å²) in [6.07, 6.45) is 0.544. The SMILES string of the molecule is Cl.NC1CCN(S(=O)(=O)c2ccc(F)cc2F)C1. The molecule has 1 atom stereocenters. The topological polar surface area (TPSA) is 63.4 Å². The van der Waals surface area contributed by atoms with Crippen molar-refractivity contribution < 1.29 is 17.2 Å². The summed E-state index contributed by atoms with van der Waals surface area (Å²) in [6, 6.07) is 2.19. The van der Waals surface area contributed by atoms with E-state index in [9.17, 15) is 17.2 Å². The van der Waals surface area contributed by atoms with E-state index in [1.807, 2.05) is 0 Å². The van der Waals surface area contributed by atoms with E-state index < -0.39 is 26.6 Å². The third-order valence-corrected chi connectivity index (χ3v) is 4.60. The highest BCUT2D eigenvalue weighted by atomic mass is 35.5. The Hall–Kier alpha value is -0.760. The van der Waals surface area contributed by atoms with Crippen LogP contribution in [0.5, 0.6) is 0 Å². The molecular formula is C10H13ClF2N2O2S. The molecule has 1 aliphatic heterocycles. The predicted octanol–water partition coefficient (Wildman–Crippen LogP) is 1.11. The summed E-state index contributed by atoms with van der Waals surface area (Å²) in [7, 11) is -3.91. The summed E-state index contributed by atoms with van der Waals surface area (Å²) in [5, 5.41) is 0. The molecule has 2 rings (SSSR count). The van der Waals surface area contributed by atoms with Gasteiger partial charge in [0.15, 0.2) is 0 Å². The molecular weight excluding hydrogens is 286 g/mol. The van der Waals surface area contributed by atoms with Crippen molar-refractivity contribution in [3.63, 3.8) is 0 Å². The number of nitrogens with zero attached hydrogens (tertiary/aromatic N) is 1. The fourth-order valence-corrected chi connectivity index (χ4v) is 3.35. The van der Waals surface area contributed by atoms with E-state index in [4.69, 9.17) is 5.73 Å². The largest absolute Gasteiger partial charge is 0.326 e. The Balaban J connectivity index is 0.00000162. The third-order valence-electron chi connectivity index (χ3n) is 2.70. The molecule has 1 aromatic rings. The van der Waals surface area contributed by atoms with Crippen molar-refractivity contribution in [3.8, 4) is 0 Å². The Morgan fingerprint density at radius 2 is 2.00 bits per heavy atom. The van der Waals surface area contributed by atoms with Crippen LogP contribution in [0.4, 0.5) is 8.78 Å². The molecule has 18 heavy (non-hydrogen) atoms. The number of nitrogens with two attached hydrogens (primary N) is 1. The smallest absolute Gasteiger partial charge is 0.246 e. The zero-order chi connectivity index (χ0) is 12.6. The van der Waals surface area contributed by atoms with E-state index in [2.05, 4.69) is 0 Å². The van der Waals surface area contributed by atoms with Gasteiger partial charge in [0, 0.05) is 25.2 Å². The van der Waals surface area contributed by atoms with Gasteiger partial charge in [0.2, 0.25) is 10.0 Å². The first-order chi connectivity index (χ1) is 7.91. The Morgan fingerprint density at radius 1 is 1.33 bits per heavy atom.